The molecule has 6 rings (SSSR count). The van der Waals surface area contributed by atoms with Crippen LogP contribution >= 0.6 is 0 Å². The fourth-order valence-electron chi connectivity index (χ4n) is 12.2. The summed E-state index contributed by atoms with van der Waals surface area (Å²) in [5.41, 5.74) is -0.232. The monoisotopic (exact) mass is 502 g/mol. The van der Waals surface area contributed by atoms with Crippen LogP contribution in [0.2, 0.25) is 0 Å². The van der Waals surface area contributed by atoms with Gasteiger partial charge in [-0.2, -0.15) is 0 Å². The summed E-state index contributed by atoms with van der Waals surface area (Å²) in [6.07, 6.45) is 7.83. The minimum Gasteiger partial charge on any atom is -0.457 e. The van der Waals surface area contributed by atoms with E-state index in [9.17, 15) is 15.0 Å². The highest BCUT2D eigenvalue weighted by molar-refractivity contribution is 5.66. The van der Waals surface area contributed by atoms with Gasteiger partial charge in [0, 0.05) is 12.3 Å². The number of carbonyl (C=O) groups excluding carboxylic acids is 1. The smallest absolute Gasteiger partial charge is 0.303 e. The van der Waals surface area contributed by atoms with Gasteiger partial charge in [-0.15, -0.1) is 0 Å². The van der Waals surface area contributed by atoms with Gasteiger partial charge in [-0.25, -0.2) is 0 Å². The minimum atomic E-state index is -0.714. The van der Waals surface area contributed by atoms with Gasteiger partial charge in [0.1, 0.15) is 5.60 Å². The number of fused-ring (bicyclic) bond motifs is 4. The van der Waals surface area contributed by atoms with Crippen LogP contribution in [-0.4, -0.2) is 46.2 Å². The highest BCUT2D eigenvalue weighted by Gasteiger charge is 2.84. The van der Waals surface area contributed by atoms with Crippen LogP contribution in [0.5, 0.6) is 0 Å². The molecule has 0 aromatic carbocycles. The summed E-state index contributed by atoms with van der Waals surface area (Å²) >= 11 is 0. The number of aliphatic hydroxyl groups excluding tert-OH is 2. The normalized spacial score (nSPS) is 56.9. The van der Waals surface area contributed by atoms with E-state index in [4.69, 9.17) is 9.47 Å². The second-order valence-electron chi connectivity index (χ2n) is 15.7. The quantitative estimate of drug-likeness (QED) is 0.488. The fraction of sp³-hybridized carbons (Fsp3) is 0.968. The molecule has 6 fully saturated rings. The summed E-state index contributed by atoms with van der Waals surface area (Å²) in [5.74, 6) is 1.52. The van der Waals surface area contributed by atoms with Crippen molar-refractivity contribution in [2.45, 2.75) is 137 Å². The Bertz CT molecular complexity index is 959. The summed E-state index contributed by atoms with van der Waals surface area (Å²) in [4.78, 5) is 11.8. The Morgan fingerprint density at radius 2 is 1.61 bits per heavy atom. The van der Waals surface area contributed by atoms with Crippen molar-refractivity contribution in [2.24, 2.45) is 50.7 Å². The molecule has 5 saturated carbocycles. The molecule has 204 valence electrons. The molecule has 6 aliphatic rings. The van der Waals surface area contributed by atoms with Crippen molar-refractivity contribution in [1.29, 1.82) is 0 Å². The first-order chi connectivity index (χ1) is 16.6. The van der Waals surface area contributed by atoms with Crippen LogP contribution in [0.4, 0.5) is 0 Å². The Labute approximate surface area is 218 Å². The molecule has 1 heterocycles. The molecule has 5 nitrogen and oxygen atoms in total. The summed E-state index contributed by atoms with van der Waals surface area (Å²) < 4.78 is 12.5. The molecule has 1 aliphatic heterocycles. The molecule has 1 unspecified atom stereocenters. The van der Waals surface area contributed by atoms with E-state index in [1.165, 1.54) is 26.2 Å². The van der Waals surface area contributed by atoms with Crippen LogP contribution in [0.25, 0.3) is 0 Å². The van der Waals surface area contributed by atoms with Crippen molar-refractivity contribution in [3.05, 3.63) is 0 Å². The van der Waals surface area contributed by atoms with Gasteiger partial charge < -0.3 is 19.7 Å². The molecule has 36 heavy (non-hydrogen) atoms. The summed E-state index contributed by atoms with van der Waals surface area (Å²) in [5, 5.41) is 23.2. The maximum atomic E-state index is 12.3. The van der Waals surface area contributed by atoms with Crippen LogP contribution < -0.4 is 0 Å². The first-order valence-corrected chi connectivity index (χ1v) is 14.8. The highest BCUT2D eigenvalue weighted by atomic mass is 16.6. The average molecular weight is 503 g/mol. The largest absolute Gasteiger partial charge is 0.457 e. The number of hydrogen-bond acceptors (Lipinski definition) is 5. The predicted octanol–water partition coefficient (Wildman–Crippen LogP) is 5.50. The first-order valence-electron chi connectivity index (χ1n) is 14.8. The summed E-state index contributed by atoms with van der Waals surface area (Å²) in [6, 6.07) is 0. The van der Waals surface area contributed by atoms with Crippen molar-refractivity contribution in [2.75, 3.05) is 0 Å². The summed E-state index contributed by atoms with van der Waals surface area (Å²) in [7, 11) is 0. The van der Waals surface area contributed by atoms with E-state index in [0.717, 1.165) is 32.1 Å². The average Bonchev–Trinajstić information content (AvgIpc) is 3.40. The van der Waals surface area contributed by atoms with Crippen molar-refractivity contribution >= 4 is 5.97 Å². The number of rotatable bonds is 2. The van der Waals surface area contributed by atoms with Gasteiger partial charge >= 0.3 is 5.97 Å². The minimum absolute atomic E-state index is 0.0240. The molecule has 0 amide bonds. The van der Waals surface area contributed by atoms with Crippen molar-refractivity contribution in [1.82, 2.24) is 0 Å². The first kappa shape index (κ1) is 25.6. The van der Waals surface area contributed by atoms with Crippen molar-refractivity contribution < 1.29 is 24.5 Å². The van der Waals surface area contributed by atoms with E-state index in [1.54, 1.807) is 0 Å². The molecule has 12 atom stereocenters. The second-order valence-corrected chi connectivity index (χ2v) is 15.7. The molecule has 0 aromatic rings. The van der Waals surface area contributed by atoms with Crippen LogP contribution in [0, 0.1) is 50.7 Å². The maximum absolute atomic E-state index is 12.3. The zero-order valence-electron chi connectivity index (χ0n) is 23.9. The Kier molecular flexibility index (Phi) is 5.19. The van der Waals surface area contributed by atoms with Crippen LogP contribution in [0.3, 0.4) is 0 Å². The Hall–Kier alpha value is -0.650. The number of aliphatic hydroxyl groups is 2. The van der Waals surface area contributed by atoms with Gasteiger partial charge in [-0.05, 0) is 111 Å². The fourth-order valence-corrected chi connectivity index (χ4v) is 12.2. The lowest BCUT2D eigenvalue weighted by atomic mass is 9.41. The third-order valence-corrected chi connectivity index (χ3v) is 14.0. The standard InChI is InChI=1S/C31H50O5/c1-17-15-22(27(5,6)36-18(2)32)35-24-23(17)28(7)13-14-31-16-30(31)12-11-21(33)26(3,4)19(30)9-10-20(31)29(28,8)25(24)34/h17,19-25,33-34H,9-16H2,1-8H3/t17-,19+,20+,21?,22-,23+,24+,25+,28-,29-,30-,31+/m1/s1. The van der Waals surface area contributed by atoms with Crippen LogP contribution in [0.1, 0.15) is 107 Å². The highest BCUT2D eigenvalue weighted by Crippen LogP contribution is 2.89. The summed E-state index contributed by atoms with van der Waals surface area (Å²) in [6.45, 7) is 17.2. The van der Waals surface area contributed by atoms with E-state index in [-0.39, 0.29) is 40.5 Å². The van der Waals surface area contributed by atoms with Crippen LogP contribution in [-0.2, 0) is 14.3 Å². The van der Waals surface area contributed by atoms with Gasteiger partial charge in [0.2, 0.25) is 0 Å². The van der Waals surface area contributed by atoms with E-state index in [2.05, 4.69) is 34.6 Å². The van der Waals surface area contributed by atoms with E-state index >= 15 is 0 Å². The van der Waals surface area contributed by atoms with E-state index in [1.807, 2.05) is 13.8 Å². The predicted molar refractivity (Wildman–Crippen MR) is 138 cm³/mol. The van der Waals surface area contributed by atoms with Gasteiger partial charge in [-0.3, -0.25) is 4.79 Å². The lowest BCUT2D eigenvalue weighted by Crippen LogP contribution is -2.59. The van der Waals surface area contributed by atoms with E-state index < -0.39 is 11.7 Å². The maximum Gasteiger partial charge on any atom is 0.303 e. The molecule has 0 radical (unpaired) electrons. The zero-order chi connectivity index (χ0) is 26.3. The van der Waals surface area contributed by atoms with Gasteiger partial charge in [0.25, 0.3) is 0 Å². The molecular formula is C31H50O5. The molecule has 2 N–H and O–H groups in total. The third kappa shape index (κ3) is 2.77. The van der Waals surface area contributed by atoms with Gasteiger partial charge in [0.05, 0.1) is 24.4 Å². The Morgan fingerprint density at radius 1 is 0.972 bits per heavy atom. The zero-order valence-corrected chi connectivity index (χ0v) is 23.9. The molecule has 0 bridgehead atoms. The van der Waals surface area contributed by atoms with E-state index in [0.29, 0.717) is 34.5 Å². The van der Waals surface area contributed by atoms with Gasteiger partial charge in [-0.1, -0.05) is 34.6 Å². The van der Waals surface area contributed by atoms with Gasteiger partial charge in [0.15, 0.2) is 0 Å². The molecule has 5 heteroatoms. The topological polar surface area (TPSA) is 76.0 Å². The number of esters is 1. The Morgan fingerprint density at radius 3 is 2.28 bits per heavy atom. The number of carbonyl (C=O) groups is 1. The third-order valence-electron chi connectivity index (χ3n) is 14.0. The second kappa shape index (κ2) is 7.30. The Balaban J connectivity index is 1.35. The molecule has 0 aromatic heterocycles. The molecule has 1 saturated heterocycles. The van der Waals surface area contributed by atoms with Crippen molar-refractivity contribution in [3.8, 4) is 0 Å². The van der Waals surface area contributed by atoms with Crippen molar-refractivity contribution in [3.63, 3.8) is 0 Å². The lowest BCUT2D eigenvalue weighted by Gasteiger charge is -2.63. The number of hydrogen-bond donors (Lipinski definition) is 2. The molecule has 2 spiro atoms. The molecular weight excluding hydrogens is 452 g/mol. The SMILES string of the molecule is CC(=O)OC(C)(C)[C@H]1C[C@@H](C)[C@H]2[C@H](O1)[C@H](O)[C@@]1(C)[C@@H]3CC[C@H]4C(C)(C)C(O)CC[C@@]45C[C@@]35CC[C@]21C. The number of ether oxygens (including phenoxy) is 2. The molecule has 5 aliphatic carbocycles. The lowest BCUT2D eigenvalue weighted by molar-refractivity contribution is -0.210. The van der Waals surface area contributed by atoms with Crippen LogP contribution in [0.15, 0.2) is 0 Å².